The van der Waals surface area contributed by atoms with Gasteiger partial charge in [-0.3, -0.25) is 4.98 Å². The minimum Gasteiger partial charge on any atom is -0.310 e. The summed E-state index contributed by atoms with van der Waals surface area (Å²) in [6.45, 7) is 3.38. The van der Waals surface area contributed by atoms with Crippen LogP contribution in [0.3, 0.4) is 0 Å². The Morgan fingerprint density at radius 1 is 1.38 bits per heavy atom. The zero-order chi connectivity index (χ0) is 11.2. The van der Waals surface area contributed by atoms with E-state index in [1.165, 1.54) is 37.7 Å². The van der Waals surface area contributed by atoms with Crippen molar-refractivity contribution >= 4 is 0 Å². The standard InChI is InChI=1S/C14H22N2/c1-12(14-8-5-9-15-11-14)16-10-13-6-3-2-4-7-13/h5,8-9,11-13,16H,2-4,6-7,10H2,1H3/t12-/m0/s1. The average Bonchev–Trinajstić information content (AvgIpc) is 2.38. The first-order valence-corrected chi connectivity index (χ1v) is 6.49. The normalized spacial score (nSPS) is 19.6. The van der Waals surface area contributed by atoms with Gasteiger partial charge in [-0.1, -0.05) is 25.3 Å². The van der Waals surface area contributed by atoms with Gasteiger partial charge >= 0.3 is 0 Å². The van der Waals surface area contributed by atoms with Gasteiger partial charge in [-0.15, -0.1) is 0 Å². The molecule has 1 saturated carbocycles. The first kappa shape index (κ1) is 11.6. The molecule has 1 aromatic heterocycles. The Kier molecular flexibility index (Phi) is 4.34. The summed E-state index contributed by atoms with van der Waals surface area (Å²) in [5, 5.41) is 3.63. The molecule has 2 nitrogen and oxygen atoms in total. The minimum absolute atomic E-state index is 0.427. The molecule has 1 aliphatic rings. The van der Waals surface area contributed by atoms with E-state index >= 15 is 0 Å². The second-order valence-electron chi connectivity index (χ2n) is 4.92. The summed E-state index contributed by atoms with van der Waals surface area (Å²) in [5.41, 5.74) is 1.29. The highest BCUT2D eigenvalue weighted by Crippen LogP contribution is 2.23. The molecule has 88 valence electrons. The lowest BCUT2D eigenvalue weighted by Gasteiger charge is -2.24. The molecule has 2 rings (SSSR count). The molecule has 0 amide bonds. The number of pyridine rings is 1. The SMILES string of the molecule is C[C@H](NCC1CCCCC1)c1cccnc1. The summed E-state index contributed by atoms with van der Waals surface area (Å²) in [6.07, 6.45) is 10.9. The van der Waals surface area contributed by atoms with Crippen LogP contribution in [0.4, 0.5) is 0 Å². The van der Waals surface area contributed by atoms with E-state index in [9.17, 15) is 0 Å². The van der Waals surface area contributed by atoms with Crippen LogP contribution in [0.5, 0.6) is 0 Å². The molecule has 0 spiro atoms. The molecule has 1 aromatic rings. The maximum atomic E-state index is 4.16. The first-order chi connectivity index (χ1) is 7.86. The predicted octanol–water partition coefficient (Wildman–Crippen LogP) is 3.31. The quantitative estimate of drug-likeness (QED) is 0.838. The second kappa shape index (κ2) is 6.00. The molecular formula is C14H22N2. The molecule has 0 radical (unpaired) electrons. The molecular weight excluding hydrogens is 196 g/mol. The Hall–Kier alpha value is -0.890. The highest BCUT2D eigenvalue weighted by Gasteiger charge is 2.14. The third-order valence-electron chi connectivity index (χ3n) is 3.62. The largest absolute Gasteiger partial charge is 0.310 e. The Balaban J connectivity index is 1.77. The van der Waals surface area contributed by atoms with Gasteiger partial charge < -0.3 is 5.32 Å². The Bertz CT molecular complexity index is 291. The molecule has 0 bridgehead atoms. The van der Waals surface area contributed by atoms with Crippen molar-refractivity contribution in [2.24, 2.45) is 5.92 Å². The van der Waals surface area contributed by atoms with Crippen LogP contribution in [0.25, 0.3) is 0 Å². The molecule has 1 aliphatic carbocycles. The lowest BCUT2D eigenvalue weighted by Crippen LogP contribution is -2.27. The molecule has 0 aliphatic heterocycles. The molecule has 0 saturated heterocycles. The zero-order valence-electron chi connectivity index (χ0n) is 10.2. The molecule has 16 heavy (non-hydrogen) atoms. The van der Waals surface area contributed by atoms with Crippen LogP contribution in [0, 0.1) is 5.92 Å². The fraction of sp³-hybridized carbons (Fsp3) is 0.643. The van der Waals surface area contributed by atoms with Crippen molar-refractivity contribution in [1.82, 2.24) is 10.3 Å². The number of aromatic nitrogens is 1. The van der Waals surface area contributed by atoms with Gasteiger partial charge in [0, 0.05) is 18.4 Å². The van der Waals surface area contributed by atoms with E-state index in [1.54, 1.807) is 0 Å². The van der Waals surface area contributed by atoms with Crippen molar-refractivity contribution in [3.05, 3.63) is 30.1 Å². The fourth-order valence-electron chi connectivity index (χ4n) is 2.48. The monoisotopic (exact) mass is 218 g/mol. The molecule has 0 aromatic carbocycles. The summed E-state index contributed by atoms with van der Waals surface area (Å²) in [6, 6.07) is 4.58. The van der Waals surface area contributed by atoms with Gasteiger partial charge in [0.25, 0.3) is 0 Å². The Morgan fingerprint density at radius 3 is 2.88 bits per heavy atom. The summed E-state index contributed by atoms with van der Waals surface area (Å²) in [5.74, 6) is 0.896. The fourth-order valence-corrected chi connectivity index (χ4v) is 2.48. The van der Waals surface area contributed by atoms with Gasteiger partial charge in [0.2, 0.25) is 0 Å². The van der Waals surface area contributed by atoms with Crippen LogP contribution in [-0.4, -0.2) is 11.5 Å². The van der Waals surface area contributed by atoms with E-state index in [2.05, 4.69) is 23.3 Å². The maximum Gasteiger partial charge on any atom is 0.0315 e. The summed E-state index contributed by atoms with van der Waals surface area (Å²) in [4.78, 5) is 4.16. The summed E-state index contributed by atoms with van der Waals surface area (Å²) >= 11 is 0. The van der Waals surface area contributed by atoms with Crippen molar-refractivity contribution in [2.75, 3.05) is 6.54 Å². The molecule has 1 fully saturated rings. The van der Waals surface area contributed by atoms with Crippen molar-refractivity contribution in [3.8, 4) is 0 Å². The van der Waals surface area contributed by atoms with E-state index < -0.39 is 0 Å². The van der Waals surface area contributed by atoms with Gasteiger partial charge in [0.05, 0.1) is 0 Å². The predicted molar refractivity (Wildman–Crippen MR) is 67.2 cm³/mol. The number of rotatable bonds is 4. The smallest absolute Gasteiger partial charge is 0.0315 e. The van der Waals surface area contributed by atoms with Crippen LogP contribution in [-0.2, 0) is 0 Å². The summed E-state index contributed by atoms with van der Waals surface area (Å²) < 4.78 is 0. The maximum absolute atomic E-state index is 4.16. The van der Waals surface area contributed by atoms with E-state index in [1.807, 2.05) is 18.5 Å². The number of nitrogens with one attached hydrogen (secondary N) is 1. The number of hydrogen-bond acceptors (Lipinski definition) is 2. The van der Waals surface area contributed by atoms with Crippen molar-refractivity contribution < 1.29 is 0 Å². The first-order valence-electron chi connectivity index (χ1n) is 6.49. The van der Waals surface area contributed by atoms with Gasteiger partial charge in [-0.25, -0.2) is 0 Å². The number of hydrogen-bond donors (Lipinski definition) is 1. The van der Waals surface area contributed by atoms with Crippen LogP contribution in [0.15, 0.2) is 24.5 Å². The van der Waals surface area contributed by atoms with E-state index in [0.29, 0.717) is 6.04 Å². The van der Waals surface area contributed by atoms with Gasteiger partial charge in [0.1, 0.15) is 0 Å². The van der Waals surface area contributed by atoms with Gasteiger partial charge in [0.15, 0.2) is 0 Å². The molecule has 0 unspecified atom stereocenters. The third kappa shape index (κ3) is 3.31. The minimum atomic E-state index is 0.427. The molecule has 1 N–H and O–H groups in total. The summed E-state index contributed by atoms with van der Waals surface area (Å²) in [7, 11) is 0. The van der Waals surface area contributed by atoms with Crippen LogP contribution < -0.4 is 5.32 Å². The Labute approximate surface area is 98.5 Å². The van der Waals surface area contributed by atoms with E-state index in [4.69, 9.17) is 0 Å². The lowest BCUT2D eigenvalue weighted by molar-refractivity contribution is 0.331. The van der Waals surface area contributed by atoms with Crippen molar-refractivity contribution in [3.63, 3.8) is 0 Å². The van der Waals surface area contributed by atoms with Crippen LogP contribution in [0.2, 0.25) is 0 Å². The average molecular weight is 218 g/mol. The van der Waals surface area contributed by atoms with Crippen LogP contribution in [0.1, 0.15) is 50.6 Å². The van der Waals surface area contributed by atoms with E-state index in [0.717, 1.165) is 12.5 Å². The van der Waals surface area contributed by atoms with Gasteiger partial charge in [-0.2, -0.15) is 0 Å². The third-order valence-corrected chi connectivity index (χ3v) is 3.62. The van der Waals surface area contributed by atoms with E-state index in [-0.39, 0.29) is 0 Å². The Morgan fingerprint density at radius 2 is 2.19 bits per heavy atom. The molecule has 2 heteroatoms. The van der Waals surface area contributed by atoms with Crippen LogP contribution >= 0.6 is 0 Å². The molecule has 1 atom stereocenters. The highest BCUT2D eigenvalue weighted by molar-refractivity contribution is 5.12. The lowest BCUT2D eigenvalue weighted by atomic mass is 9.89. The van der Waals surface area contributed by atoms with Gasteiger partial charge in [-0.05, 0) is 43.9 Å². The second-order valence-corrected chi connectivity index (χ2v) is 4.92. The van der Waals surface area contributed by atoms with Crippen molar-refractivity contribution in [2.45, 2.75) is 45.1 Å². The number of nitrogens with zero attached hydrogens (tertiary/aromatic N) is 1. The van der Waals surface area contributed by atoms with Crippen molar-refractivity contribution in [1.29, 1.82) is 0 Å². The zero-order valence-corrected chi connectivity index (χ0v) is 10.2. The highest BCUT2D eigenvalue weighted by atomic mass is 14.9. The molecule has 1 heterocycles. The topological polar surface area (TPSA) is 24.9 Å².